The standard InChI is InChI=1S/C17H19FN2O2S/c1-12-5-6-15(11-19-12)22-14-7-8-16(18)13(9-14)10-20-23(21)17(2,3)4/h5-11H,1-4H3/b20-10+/t23-/m1/s1. The molecule has 1 aromatic heterocycles. The summed E-state index contributed by atoms with van der Waals surface area (Å²) in [6.07, 6.45) is 2.87. The van der Waals surface area contributed by atoms with E-state index in [2.05, 4.69) is 9.38 Å². The van der Waals surface area contributed by atoms with Gasteiger partial charge in [0, 0.05) is 17.5 Å². The highest BCUT2D eigenvalue weighted by atomic mass is 32.2. The first-order valence-corrected chi connectivity index (χ1v) is 8.22. The zero-order valence-electron chi connectivity index (χ0n) is 13.5. The number of nitrogens with zero attached hydrogens (tertiary/aromatic N) is 2. The summed E-state index contributed by atoms with van der Waals surface area (Å²) in [4.78, 5) is 4.14. The minimum atomic E-state index is -1.44. The maximum absolute atomic E-state index is 13.9. The number of benzene rings is 1. The number of hydrogen-bond donors (Lipinski definition) is 0. The Labute approximate surface area is 138 Å². The van der Waals surface area contributed by atoms with Gasteiger partial charge in [0.05, 0.1) is 10.9 Å². The predicted octanol–water partition coefficient (Wildman–Crippen LogP) is 4.20. The van der Waals surface area contributed by atoms with Crippen molar-refractivity contribution in [1.82, 2.24) is 4.98 Å². The fourth-order valence-corrected chi connectivity index (χ4v) is 2.12. The molecule has 6 heteroatoms. The maximum atomic E-state index is 13.9. The van der Waals surface area contributed by atoms with Crippen LogP contribution < -0.4 is 4.74 Å². The Hall–Kier alpha value is -2.08. The summed E-state index contributed by atoms with van der Waals surface area (Å²) in [6.45, 7) is 7.30. The molecule has 0 aliphatic rings. The lowest BCUT2D eigenvalue weighted by atomic mass is 10.2. The molecule has 0 unspecified atom stereocenters. The molecule has 23 heavy (non-hydrogen) atoms. The quantitative estimate of drug-likeness (QED) is 0.787. The molecular formula is C17H19FN2O2S. The van der Waals surface area contributed by atoms with Crippen LogP contribution in [-0.4, -0.2) is 20.2 Å². The number of halogens is 1. The first kappa shape index (κ1) is 17.3. The Bertz CT molecular complexity index is 737. The van der Waals surface area contributed by atoms with E-state index in [4.69, 9.17) is 4.74 Å². The van der Waals surface area contributed by atoms with Gasteiger partial charge in [-0.1, -0.05) is 0 Å². The molecule has 0 amide bonds. The second-order valence-corrected chi connectivity index (χ2v) is 7.95. The van der Waals surface area contributed by atoms with Gasteiger partial charge in [-0.15, -0.1) is 0 Å². The number of pyridine rings is 1. The maximum Gasteiger partial charge on any atom is 0.145 e. The number of hydrogen-bond acceptors (Lipinski definition) is 3. The molecule has 0 aliphatic carbocycles. The molecule has 0 aliphatic heterocycles. The van der Waals surface area contributed by atoms with Crippen LogP contribution in [0.25, 0.3) is 0 Å². The van der Waals surface area contributed by atoms with E-state index in [0.717, 1.165) is 5.69 Å². The highest BCUT2D eigenvalue weighted by Crippen LogP contribution is 2.23. The van der Waals surface area contributed by atoms with Crippen LogP contribution in [-0.2, 0) is 11.0 Å². The van der Waals surface area contributed by atoms with Gasteiger partial charge in [-0.2, -0.15) is 4.40 Å². The molecule has 0 radical (unpaired) electrons. The van der Waals surface area contributed by atoms with Gasteiger partial charge in [0.1, 0.15) is 28.3 Å². The van der Waals surface area contributed by atoms with Crippen LogP contribution in [0.2, 0.25) is 0 Å². The van der Waals surface area contributed by atoms with Gasteiger partial charge < -0.3 is 4.74 Å². The molecule has 0 N–H and O–H groups in total. The Kier molecular flexibility index (Phi) is 5.26. The van der Waals surface area contributed by atoms with Crippen molar-refractivity contribution in [2.45, 2.75) is 32.4 Å². The smallest absolute Gasteiger partial charge is 0.145 e. The SMILES string of the molecule is Cc1ccc(Oc2ccc(F)c(/C=N/[S@](=O)C(C)(C)C)c2)cn1. The topological polar surface area (TPSA) is 51.5 Å². The van der Waals surface area contributed by atoms with Gasteiger partial charge in [-0.25, -0.2) is 8.60 Å². The fourth-order valence-electron chi connectivity index (χ4n) is 1.60. The first-order chi connectivity index (χ1) is 10.8. The lowest BCUT2D eigenvalue weighted by Gasteiger charge is -2.12. The second kappa shape index (κ2) is 7.00. The van der Waals surface area contributed by atoms with Crippen LogP contribution in [0.3, 0.4) is 0 Å². The first-order valence-electron chi connectivity index (χ1n) is 7.12. The average molecular weight is 334 g/mol. The Morgan fingerprint density at radius 2 is 1.91 bits per heavy atom. The summed E-state index contributed by atoms with van der Waals surface area (Å²) in [7, 11) is -1.44. The number of aryl methyl sites for hydroxylation is 1. The number of aromatic nitrogens is 1. The Balaban J connectivity index is 2.20. The van der Waals surface area contributed by atoms with Gasteiger partial charge in [-0.05, 0) is 58.0 Å². The van der Waals surface area contributed by atoms with Gasteiger partial charge in [0.25, 0.3) is 0 Å². The molecule has 4 nitrogen and oxygen atoms in total. The molecule has 1 aromatic carbocycles. The molecule has 122 valence electrons. The van der Waals surface area contributed by atoms with Crippen molar-refractivity contribution in [3.05, 3.63) is 53.6 Å². The summed E-state index contributed by atoms with van der Waals surface area (Å²) in [6, 6.07) is 7.94. The summed E-state index contributed by atoms with van der Waals surface area (Å²) >= 11 is 0. The van der Waals surface area contributed by atoms with Crippen molar-refractivity contribution in [3.8, 4) is 11.5 Å². The van der Waals surface area contributed by atoms with E-state index in [1.54, 1.807) is 33.0 Å². The van der Waals surface area contributed by atoms with E-state index >= 15 is 0 Å². The van der Waals surface area contributed by atoms with E-state index in [0.29, 0.717) is 11.5 Å². The van der Waals surface area contributed by atoms with E-state index < -0.39 is 21.5 Å². The normalized spacial score (nSPS) is 13.3. The van der Waals surface area contributed by atoms with E-state index in [-0.39, 0.29) is 5.56 Å². The van der Waals surface area contributed by atoms with Gasteiger partial charge in [0.15, 0.2) is 0 Å². The molecule has 0 saturated heterocycles. The van der Waals surface area contributed by atoms with E-state index in [9.17, 15) is 8.60 Å². The summed E-state index contributed by atoms with van der Waals surface area (Å²) in [5.41, 5.74) is 1.11. The molecular weight excluding hydrogens is 315 g/mol. The molecule has 1 heterocycles. The number of rotatable bonds is 4. The van der Waals surface area contributed by atoms with Gasteiger partial charge >= 0.3 is 0 Å². The average Bonchev–Trinajstić information content (AvgIpc) is 2.48. The van der Waals surface area contributed by atoms with Crippen LogP contribution in [0.4, 0.5) is 4.39 Å². The van der Waals surface area contributed by atoms with E-state index in [1.807, 2.05) is 13.0 Å². The minimum Gasteiger partial charge on any atom is -0.456 e. The highest BCUT2D eigenvalue weighted by Gasteiger charge is 2.18. The molecule has 0 saturated carbocycles. The molecule has 0 bridgehead atoms. The Morgan fingerprint density at radius 1 is 1.22 bits per heavy atom. The van der Waals surface area contributed by atoms with Crippen LogP contribution in [0.15, 0.2) is 40.9 Å². The van der Waals surface area contributed by atoms with E-state index in [1.165, 1.54) is 24.4 Å². The van der Waals surface area contributed by atoms with Gasteiger partial charge in [-0.3, -0.25) is 4.98 Å². The summed E-state index contributed by atoms with van der Waals surface area (Å²) < 4.78 is 34.8. The minimum absolute atomic E-state index is 0.222. The lowest BCUT2D eigenvalue weighted by Crippen LogP contribution is -2.19. The Morgan fingerprint density at radius 3 is 2.52 bits per heavy atom. The molecule has 2 rings (SSSR count). The third-order valence-electron chi connectivity index (χ3n) is 2.90. The lowest BCUT2D eigenvalue weighted by molar-refractivity contribution is 0.478. The van der Waals surface area contributed by atoms with Crippen LogP contribution >= 0.6 is 0 Å². The van der Waals surface area contributed by atoms with Crippen molar-refractivity contribution >= 4 is 17.2 Å². The molecule has 0 spiro atoms. The van der Waals surface area contributed by atoms with Crippen molar-refractivity contribution < 1.29 is 13.3 Å². The summed E-state index contributed by atoms with van der Waals surface area (Å²) in [5, 5.41) is 0. The zero-order chi connectivity index (χ0) is 17.0. The van der Waals surface area contributed by atoms with Crippen molar-refractivity contribution in [3.63, 3.8) is 0 Å². The monoisotopic (exact) mass is 334 g/mol. The largest absolute Gasteiger partial charge is 0.456 e. The third-order valence-corrected chi connectivity index (χ3v) is 4.24. The third kappa shape index (κ3) is 4.96. The van der Waals surface area contributed by atoms with Crippen LogP contribution in [0.1, 0.15) is 32.0 Å². The predicted molar refractivity (Wildman–Crippen MR) is 90.9 cm³/mol. The highest BCUT2D eigenvalue weighted by molar-refractivity contribution is 7.85. The fraction of sp³-hybridized carbons (Fsp3) is 0.294. The molecule has 0 fully saturated rings. The number of ether oxygens (including phenoxy) is 1. The second-order valence-electron chi connectivity index (χ2n) is 6.02. The molecule has 2 aromatic rings. The van der Waals surface area contributed by atoms with Crippen LogP contribution in [0.5, 0.6) is 11.5 Å². The van der Waals surface area contributed by atoms with Crippen molar-refractivity contribution in [1.29, 1.82) is 0 Å². The zero-order valence-corrected chi connectivity index (χ0v) is 14.4. The van der Waals surface area contributed by atoms with Gasteiger partial charge in [0.2, 0.25) is 0 Å². The molecule has 1 atom stereocenters. The van der Waals surface area contributed by atoms with Crippen molar-refractivity contribution in [2.24, 2.45) is 4.40 Å². The van der Waals surface area contributed by atoms with Crippen LogP contribution in [0, 0.1) is 12.7 Å². The van der Waals surface area contributed by atoms with Crippen molar-refractivity contribution in [2.75, 3.05) is 0 Å². The summed E-state index contributed by atoms with van der Waals surface area (Å²) in [5.74, 6) is 0.567.